The van der Waals surface area contributed by atoms with Gasteiger partial charge in [0.25, 0.3) is 0 Å². The Hall–Kier alpha value is -1.88. The van der Waals surface area contributed by atoms with Crippen LogP contribution in [0.1, 0.15) is 25.2 Å². The summed E-state index contributed by atoms with van der Waals surface area (Å²) in [6.45, 7) is 5.87. The van der Waals surface area contributed by atoms with E-state index in [1.54, 1.807) is 6.07 Å². The quantitative estimate of drug-likeness (QED) is 0.902. The van der Waals surface area contributed by atoms with E-state index in [9.17, 15) is 9.18 Å². The van der Waals surface area contributed by atoms with Crippen molar-refractivity contribution in [1.29, 1.82) is 0 Å². The van der Waals surface area contributed by atoms with Gasteiger partial charge in [0.15, 0.2) is 0 Å². The molecule has 0 spiro atoms. The van der Waals surface area contributed by atoms with E-state index in [4.69, 9.17) is 10.2 Å². The summed E-state index contributed by atoms with van der Waals surface area (Å²) >= 11 is 0. The van der Waals surface area contributed by atoms with Crippen LogP contribution in [0.25, 0.3) is 11.0 Å². The summed E-state index contributed by atoms with van der Waals surface area (Å²) in [7, 11) is 0. The lowest BCUT2D eigenvalue weighted by atomic mass is 10.1. The maximum absolute atomic E-state index is 13.2. The van der Waals surface area contributed by atoms with Crippen molar-refractivity contribution in [2.24, 2.45) is 11.7 Å². The molecule has 0 radical (unpaired) electrons. The van der Waals surface area contributed by atoms with Gasteiger partial charge in [-0.15, -0.1) is 0 Å². The van der Waals surface area contributed by atoms with E-state index in [2.05, 4.69) is 5.32 Å². The number of fused-ring (bicyclic) bond motifs is 1. The SMILES string of the molecule is Cc1c(CNC(=O)[C@@H](N)C(C)C)oc2ccc(F)cc12. The Morgan fingerprint density at radius 2 is 2.15 bits per heavy atom. The van der Waals surface area contributed by atoms with Crippen molar-refractivity contribution in [2.45, 2.75) is 33.4 Å². The molecule has 3 N–H and O–H groups in total. The van der Waals surface area contributed by atoms with Gasteiger partial charge >= 0.3 is 0 Å². The number of nitrogens with one attached hydrogen (secondary N) is 1. The highest BCUT2D eigenvalue weighted by Gasteiger charge is 2.18. The van der Waals surface area contributed by atoms with E-state index in [1.807, 2.05) is 20.8 Å². The van der Waals surface area contributed by atoms with Crippen LogP contribution in [-0.2, 0) is 11.3 Å². The molecule has 1 amide bonds. The van der Waals surface area contributed by atoms with Gasteiger partial charge in [0.1, 0.15) is 17.2 Å². The highest BCUT2D eigenvalue weighted by atomic mass is 19.1. The molecular weight excluding hydrogens is 259 g/mol. The van der Waals surface area contributed by atoms with Crippen LogP contribution in [0.4, 0.5) is 4.39 Å². The van der Waals surface area contributed by atoms with Gasteiger partial charge in [-0.1, -0.05) is 13.8 Å². The molecule has 1 aromatic carbocycles. The topological polar surface area (TPSA) is 68.3 Å². The lowest BCUT2D eigenvalue weighted by molar-refractivity contribution is -0.123. The number of benzene rings is 1. The van der Waals surface area contributed by atoms with Gasteiger partial charge in [-0.25, -0.2) is 4.39 Å². The Morgan fingerprint density at radius 3 is 2.80 bits per heavy atom. The molecule has 5 heteroatoms. The fourth-order valence-electron chi connectivity index (χ4n) is 2.00. The second kappa shape index (κ2) is 5.63. The van der Waals surface area contributed by atoms with Crippen LogP contribution in [0.5, 0.6) is 0 Å². The number of amides is 1. The second-order valence-corrected chi connectivity index (χ2v) is 5.28. The molecule has 2 aromatic rings. The molecule has 4 nitrogen and oxygen atoms in total. The first-order valence-corrected chi connectivity index (χ1v) is 6.61. The van der Waals surface area contributed by atoms with Crippen molar-refractivity contribution < 1.29 is 13.6 Å². The van der Waals surface area contributed by atoms with Crippen molar-refractivity contribution in [3.63, 3.8) is 0 Å². The minimum absolute atomic E-state index is 0.0702. The number of halogens is 1. The Morgan fingerprint density at radius 1 is 1.45 bits per heavy atom. The summed E-state index contributed by atoms with van der Waals surface area (Å²) in [5, 5.41) is 3.47. The molecule has 108 valence electrons. The number of aryl methyl sites for hydroxylation is 1. The summed E-state index contributed by atoms with van der Waals surface area (Å²) in [5.41, 5.74) is 7.21. The maximum Gasteiger partial charge on any atom is 0.237 e. The molecule has 1 aromatic heterocycles. The molecule has 0 aliphatic heterocycles. The lowest BCUT2D eigenvalue weighted by Gasteiger charge is -2.14. The molecule has 1 heterocycles. The monoisotopic (exact) mass is 278 g/mol. The standard InChI is InChI=1S/C15H19FN2O2/c1-8(2)14(17)15(19)18-7-13-9(3)11-6-10(16)4-5-12(11)20-13/h4-6,8,14H,7,17H2,1-3H3,(H,18,19)/t14-/m0/s1. The van der Waals surface area contributed by atoms with Crippen LogP contribution in [0.2, 0.25) is 0 Å². The van der Waals surface area contributed by atoms with Crippen LogP contribution in [-0.4, -0.2) is 11.9 Å². The Kier molecular flexibility index (Phi) is 4.09. The molecular formula is C15H19FN2O2. The number of furan rings is 1. The molecule has 2 rings (SSSR count). The molecule has 0 bridgehead atoms. The average Bonchev–Trinajstić information content (AvgIpc) is 2.72. The third-order valence-electron chi connectivity index (χ3n) is 3.44. The van der Waals surface area contributed by atoms with Crippen molar-refractivity contribution in [3.05, 3.63) is 35.3 Å². The predicted molar refractivity (Wildman–Crippen MR) is 75.6 cm³/mol. The molecule has 1 atom stereocenters. The molecule has 0 saturated heterocycles. The molecule has 0 aliphatic rings. The van der Waals surface area contributed by atoms with Gasteiger partial charge in [0.2, 0.25) is 5.91 Å². The van der Waals surface area contributed by atoms with Crippen LogP contribution in [0, 0.1) is 18.7 Å². The zero-order valence-corrected chi connectivity index (χ0v) is 11.9. The molecule has 0 aliphatic carbocycles. The third-order valence-corrected chi connectivity index (χ3v) is 3.44. The summed E-state index contributed by atoms with van der Waals surface area (Å²) in [6, 6.07) is 3.82. The highest BCUT2D eigenvalue weighted by Crippen LogP contribution is 2.25. The number of carbonyl (C=O) groups is 1. The predicted octanol–water partition coefficient (Wildman–Crippen LogP) is 2.48. The van der Waals surface area contributed by atoms with E-state index < -0.39 is 6.04 Å². The number of carbonyl (C=O) groups excluding carboxylic acids is 1. The summed E-state index contributed by atoms with van der Waals surface area (Å²) < 4.78 is 18.8. The smallest absolute Gasteiger partial charge is 0.237 e. The summed E-state index contributed by atoms with van der Waals surface area (Å²) in [6.07, 6.45) is 0. The number of hydrogen-bond acceptors (Lipinski definition) is 3. The van der Waals surface area contributed by atoms with Crippen molar-refractivity contribution in [3.8, 4) is 0 Å². The molecule has 0 fully saturated rings. The van der Waals surface area contributed by atoms with Gasteiger partial charge in [-0.05, 0) is 31.0 Å². The van der Waals surface area contributed by atoms with E-state index in [-0.39, 0.29) is 24.2 Å². The number of hydrogen-bond donors (Lipinski definition) is 2. The normalized spacial score (nSPS) is 12.9. The fraction of sp³-hybridized carbons (Fsp3) is 0.400. The number of nitrogens with two attached hydrogens (primary N) is 1. The van der Waals surface area contributed by atoms with Gasteiger partial charge in [0.05, 0.1) is 12.6 Å². The lowest BCUT2D eigenvalue weighted by Crippen LogP contribution is -2.43. The van der Waals surface area contributed by atoms with Crippen LogP contribution < -0.4 is 11.1 Å². The van der Waals surface area contributed by atoms with Crippen LogP contribution in [0.15, 0.2) is 22.6 Å². The van der Waals surface area contributed by atoms with Gasteiger partial charge in [0, 0.05) is 10.9 Å². The summed E-state index contributed by atoms with van der Waals surface area (Å²) in [5.74, 6) is 0.167. The van der Waals surface area contributed by atoms with E-state index in [0.717, 1.165) is 10.9 Å². The number of rotatable bonds is 4. The fourth-order valence-corrected chi connectivity index (χ4v) is 2.00. The molecule has 20 heavy (non-hydrogen) atoms. The third kappa shape index (κ3) is 2.82. The Labute approximate surface area is 117 Å². The first kappa shape index (κ1) is 14.5. The maximum atomic E-state index is 13.2. The Bertz CT molecular complexity index is 634. The molecule has 0 unspecified atom stereocenters. The van der Waals surface area contributed by atoms with Crippen molar-refractivity contribution in [1.82, 2.24) is 5.32 Å². The second-order valence-electron chi connectivity index (χ2n) is 5.28. The average molecular weight is 278 g/mol. The minimum Gasteiger partial charge on any atom is -0.459 e. The van der Waals surface area contributed by atoms with Gasteiger partial charge < -0.3 is 15.5 Å². The largest absolute Gasteiger partial charge is 0.459 e. The van der Waals surface area contributed by atoms with Crippen LogP contribution >= 0.6 is 0 Å². The molecule has 0 saturated carbocycles. The van der Waals surface area contributed by atoms with E-state index >= 15 is 0 Å². The van der Waals surface area contributed by atoms with E-state index in [1.165, 1.54) is 12.1 Å². The van der Waals surface area contributed by atoms with Crippen molar-refractivity contribution in [2.75, 3.05) is 0 Å². The first-order valence-electron chi connectivity index (χ1n) is 6.61. The minimum atomic E-state index is -0.544. The van der Waals surface area contributed by atoms with Crippen molar-refractivity contribution >= 4 is 16.9 Å². The van der Waals surface area contributed by atoms with E-state index in [0.29, 0.717) is 11.3 Å². The zero-order valence-electron chi connectivity index (χ0n) is 11.9. The van der Waals surface area contributed by atoms with Gasteiger partial charge in [-0.2, -0.15) is 0 Å². The first-order chi connectivity index (χ1) is 9.40. The van der Waals surface area contributed by atoms with Gasteiger partial charge in [-0.3, -0.25) is 4.79 Å². The summed E-state index contributed by atoms with van der Waals surface area (Å²) in [4.78, 5) is 11.8. The Balaban J connectivity index is 2.14. The zero-order chi connectivity index (χ0) is 14.9. The van der Waals surface area contributed by atoms with Crippen LogP contribution in [0.3, 0.4) is 0 Å². The highest BCUT2D eigenvalue weighted by molar-refractivity contribution is 5.83.